The summed E-state index contributed by atoms with van der Waals surface area (Å²) in [5, 5.41) is 12.1. The summed E-state index contributed by atoms with van der Waals surface area (Å²) in [7, 11) is 0. The van der Waals surface area contributed by atoms with Gasteiger partial charge >= 0.3 is 0 Å². The van der Waals surface area contributed by atoms with Crippen LogP contribution in [0, 0.1) is 5.92 Å². The maximum Gasteiger partial charge on any atom is 0.206 e. The lowest BCUT2D eigenvalue weighted by atomic mass is 10.2. The third-order valence-corrected chi connectivity index (χ3v) is 3.44. The minimum absolute atomic E-state index is 0.521. The van der Waals surface area contributed by atoms with E-state index in [2.05, 4.69) is 38.4 Å². The fourth-order valence-electron chi connectivity index (χ4n) is 1.39. The first kappa shape index (κ1) is 9.40. The molecule has 1 aliphatic carbocycles. The van der Waals surface area contributed by atoms with Crippen molar-refractivity contribution in [3.63, 3.8) is 0 Å². The second-order valence-corrected chi connectivity index (χ2v) is 5.84. The monoisotopic (exact) mass is 261 g/mol. The van der Waals surface area contributed by atoms with Crippen LogP contribution in [0.15, 0.2) is 3.92 Å². The molecule has 1 N–H and O–H groups in total. The van der Waals surface area contributed by atoms with Crippen molar-refractivity contribution in [2.75, 3.05) is 5.32 Å². The van der Waals surface area contributed by atoms with Gasteiger partial charge < -0.3 is 5.32 Å². The molecule has 13 heavy (non-hydrogen) atoms. The number of nitrogens with zero attached hydrogens (tertiary/aromatic N) is 2. The molecule has 1 heterocycles. The molecule has 1 fully saturated rings. The highest BCUT2D eigenvalue weighted by molar-refractivity contribution is 9.11. The van der Waals surface area contributed by atoms with Crippen LogP contribution < -0.4 is 5.32 Å². The Morgan fingerprint density at radius 2 is 2.38 bits per heavy atom. The summed E-state index contributed by atoms with van der Waals surface area (Å²) in [6.07, 6.45) is 4.08. The van der Waals surface area contributed by atoms with Gasteiger partial charge in [0, 0.05) is 6.04 Å². The molecule has 2 rings (SSSR count). The number of anilines is 1. The van der Waals surface area contributed by atoms with Crippen molar-refractivity contribution in [2.45, 2.75) is 32.2 Å². The second kappa shape index (κ2) is 3.92. The van der Waals surface area contributed by atoms with E-state index in [0.717, 1.165) is 15.0 Å². The zero-order valence-electron chi connectivity index (χ0n) is 7.46. The van der Waals surface area contributed by atoms with Crippen LogP contribution in [0.25, 0.3) is 0 Å². The number of aromatic nitrogens is 2. The molecule has 0 amide bonds. The number of hydrogen-bond donors (Lipinski definition) is 1. The fraction of sp³-hybridized carbons (Fsp3) is 0.750. The maximum absolute atomic E-state index is 3.99. The minimum atomic E-state index is 0.521. The highest BCUT2D eigenvalue weighted by Crippen LogP contribution is 2.34. The van der Waals surface area contributed by atoms with E-state index in [9.17, 15) is 0 Å². The van der Waals surface area contributed by atoms with E-state index in [1.54, 1.807) is 11.3 Å². The van der Waals surface area contributed by atoms with E-state index in [1.807, 2.05) is 0 Å². The van der Waals surface area contributed by atoms with Crippen LogP contribution in [-0.2, 0) is 0 Å². The van der Waals surface area contributed by atoms with Crippen LogP contribution in [0.4, 0.5) is 5.13 Å². The van der Waals surface area contributed by atoms with E-state index < -0.39 is 0 Å². The van der Waals surface area contributed by atoms with Crippen molar-refractivity contribution in [1.29, 1.82) is 0 Å². The fourth-order valence-corrected chi connectivity index (χ4v) is 2.51. The van der Waals surface area contributed by atoms with Crippen molar-refractivity contribution in [3.8, 4) is 0 Å². The molecule has 0 bridgehead atoms. The SMILES string of the molecule is CC(CC1CC1)Nc1nnc(Br)s1. The van der Waals surface area contributed by atoms with Crippen LogP contribution in [0.2, 0.25) is 0 Å². The van der Waals surface area contributed by atoms with E-state index >= 15 is 0 Å². The van der Waals surface area contributed by atoms with Gasteiger partial charge in [0.15, 0.2) is 3.92 Å². The van der Waals surface area contributed by atoms with Crippen molar-refractivity contribution < 1.29 is 0 Å². The summed E-state index contributed by atoms with van der Waals surface area (Å²) in [4.78, 5) is 0. The Balaban J connectivity index is 1.82. The molecule has 0 aliphatic heterocycles. The Morgan fingerprint density at radius 3 is 2.92 bits per heavy atom. The van der Waals surface area contributed by atoms with Gasteiger partial charge in [-0.05, 0) is 35.2 Å². The number of nitrogens with one attached hydrogen (secondary N) is 1. The molecule has 3 nitrogen and oxygen atoms in total. The van der Waals surface area contributed by atoms with Gasteiger partial charge in [-0.15, -0.1) is 10.2 Å². The normalized spacial score (nSPS) is 18.6. The molecule has 1 aromatic heterocycles. The summed E-state index contributed by atoms with van der Waals surface area (Å²) in [6, 6.07) is 0.521. The first-order valence-electron chi connectivity index (χ1n) is 4.49. The topological polar surface area (TPSA) is 37.8 Å². The zero-order valence-corrected chi connectivity index (χ0v) is 9.86. The molecule has 1 unspecified atom stereocenters. The summed E-state index contributed by atoms with van der Waals surface area (Å²) >= 11 is 4.84. The number of rotatable bonds is 4. The van der Waals surface area contributed by atoms with Gasteiger partial charge in [0.1, 0.15) is 0 Å². The standard InChI is InChI=1S/C8H12BrN3S/c1-5(4-6-2-3-6)10-8-12-11-7(9)13-8/h5-6H,2-4H2,1H3,(H,10,12). The van der Waals surface area contributed by atoms with E-state index in [4.69, 9.17) is 0 Å². The summed E-state index contributed by atoms with van der Waals surface area (Å²) in [5.74, 6) is 0.957. The van der Waals surface area contributed by atoms with Crippen molar-refractivity contribution in [2.24, 2.45) is 5.92 Å². The molecular formula is C8H12BrN3S. The van der Waals surface area contributed by atoms with Gasteiger partial charge in [0.2, 0.25) is 5.13 Å². The van der Waals surface area contributed by atoms with Gasteiger partial charge in [0.25, 0.3) is 0 Å². The molecule has 1 aromatic rings. The Morgan fingerprint density at radius 1 is 1.62 bits per heavy atom. The smallest absolute Gasteiger partial charge is 0.206 e. The van der Waals surface area contributed by atoms with Crippen molar-refractivity contribution >= 4 is 32.4 Å². The molecule has 0 radical (unpaired) electrons. The molecule has 72 valence electrons. The number of halogens is 1. The molecule has 1 atom stereocenters. The molecular weight excluding hydrogens is 250 g/mol. The van der Waals surface area contributed by atoms with Crippen LogP contribution in [0.5, 0.6) is 0 Å². The van der Waals surface area contributed by atoms with E-state index in [0.29, 0.717) is 6.04 Å². The lowest BCUT2D eigenvalue weighted by Crippen LogP contribution is -2.15. The molecule has 0 spiro atoms. The predicted octanol–water partition coefficient (Wildman–Crippen LogP) is 2.90. The molecule has 1 saturated carbocycles. The van der Waals surface area contributed by atoms with Gasteiger partial charge in [-0.1, -0.05) is 24.2 Å². The Bertz CT molecular complexity index is 285. The third-order valence-electron chi connectivity index (χ3n) is 2.15. The third kappa shape index (κ3) is 2.91. The van der Waals surface area contributed by atoms with Crippen LogP contribution in [0.1, 0.15) is 26.2 Å². The van der Waals surface area contributed by atoms with E-state index in [-0.39, 0.29) is 0 Å². The second-order valence-electron chi connectivity index (χ2n) is 3.58. The molecule has 0 saturated heterocycles. The molecule has 1 aliphatic rings. The Hall–Kier alpha value is -0.160. The molecule has 0 aromatic carbocycles. The highest BCUT2D eigenvalue weighted by atomic mass is 79.9. The lowest BCUT2D eigenvalue weighted by molar-refractivity contribution is 0.641. The van der Waals surface area contributed by atoms with Crippen molar-refractivity contribution in [1.82, 2.24) is 10.2 Å². The predicted molar refractivity (Wildman–Crippen MR) is 58.0 cm³/mol. The van der Waals surface area contributed by atoms with Crippen LogP contribution in [0.3, 0.4) is 0 Å². The minimum Gasteiger partial charge on any atom is -0.358 e. The first-order chi connectivity index (χ1) is 6.24. The Labute approximate surface area is 90.1 Å². The van der Waals surface area contributed by atoms with Gasteiger partial charge in [-0.25, -0.2) is 0 Å². The largest absolute Gasteiger partial charge is 0.358 e. The highest BCUT2D eigenvalue weighted by Gasteiger charge is 2.23. The van der Waals surface area contributed by atoms with Gasteiger partial charge in [-0.2, -0.15) is 0 Å². The zero-order chi connectivity index (χ0) is 9.26. The number of hydrogen-bond acceptors (Lipinski definition) is 4. The first-order valence-corrected chi connectivity index (χ1v) is 6.10. The lowest BCUT2D eigenvalue weighted by Gasteiger charge is -2.10. The average Bonchev–Trinajstić information content (AvgIpc) is 2.76. The summed E-state index contributed by atoms with van der Waals surface area (Å²) < 4.78 is 0.841. The maximum atomic E-state index is 3.99. The summed E-state index contributed by atoms with van der Waals surface area (Å²) in [6.45, 7) is 2.20. The van der Waals surface area contributed by atoms with Gasteiger partial charge in [-0.3, -0.25) is 0 Å². The van der Waals surface area contributed by atoms with Crippen LogP contribution in [-0.4, -0.2) is 16.2 Å². The Kier molecular flexibility index (Phi) is 2.83. The summed E-state index contributed by atoms with van der Waals surface area (Å²) in [5.41, 5.74) is 0. The van der Waals surface area contributed by atoms with E-state index in [1.165, 1.54) is 19.3 Å². The average molecular weight is 262 g/mol. The quantitative estimate of drug-likeness (QED) is 0.906. The van der Waals surface area contributed by atoms with Crippen molar-refractivity contribution in [3.05, 3.63) is 3.92 Å². The van der Waals surface area contributed by atoms with Crippen LogP contribution >= 0.6 is 27.3 Å². The van der Waals surface area contributed by atoms with Gasteiger partial charge in [0.05, 0.1) is 0 Å². The molecule has 5 heteroatoms.